The maximum Gasteiger partial charge on any atom is 0.258 e. The van der Waals surface area contributed by atoms with Gasteiger partial charge in [0.1, 0.15) is 5.75 Å². The number of aryl methyl sites for hydroxylation is 3. The fraction of sp³-hybridized carbons (Fsp3) is 0.381. The van der Waals surface area contributed by atoms with E-state index in [2.05, 4.69) is 43.4 Å². The first-order chi connectivity index (χ1) is 11.5. The lowest BCUT2D eigenvalue weighted by Crippen LogP contribution is -2.33. The third-order valence-electron chi connectivity index (χ3n) is 4.69. The first-order valence-electron chi connectivity index (χ1n) is 8.59. The number of carbonyl (C=O) groups excluding carboxylic acids is 1. The number of amides is 1. The molecule has 3 heteroatoms. The molecule has 1 fully saturated rings. The first-order valence-corrected chi connectivity index (χ1v) is 8.59. The fourth-order valence-electron chi connectivity index (χ4n) is 2.84. The van der Waals surface area contributed by atoms with Gasteiger partial charge in [0.2, 0.25) is 0 Å². The van der Waals surface area contributed by atoms with Gasteiger partial charge in [-0.1, -0.05) is 35.9 Å². The van der Waals surface area contributed by atoms with Gasteiger partial charge in [-0.15, -0.1) is 0 Å². The Morgan fingerprint density at radius 1 is 1.08 bits per heavy atom. The van der Waals surface area contributed by atoms with E-state index in [1.165, 1.54) is 35.1 Å². The SMILES string of the molecule is Cc1ccc([C@@H](NC(=O)COc2ccc(C)c(C)c2)C2CC2)cc1. The van der Waals surface area contributed by atoms with Crippen molar-refractivity contribution in [3.63, 3.8) is 0 Å². The van der Waals surface area contributed by atoms with Crippen molar-refractivity contribution in [3.8, 4) is 5.75 Å². The Morgan fingerprint density at radius 2 is 1.79 bits per heavy atom. The van der Waals surface area contributed by atoms with Crippen molar-refractivity contribution in [1.29, 1.82) is 0 Å². The van der Waals surface area contributed by atoms with Gasteiger partial charge in [0.15, 0.2) is 6.61 Å². The van der Waals surface area contributed by atoms with E-state index in [9.17, 15) is 4.79 Å². The van der Waals surface area contributed by atoms with E-state index >= 15 is 0 Å². The molecule has 0 radical (unpaired) electrons. The lowest BCUT2D eigenvalue weighted by atomic mass is 10.0. The first kappa shape index (κ1) is 16.6. The van der Waals surface area contributed by atoms with Crippen molar-refractivity contribution < 1.29 is 9.53 Å². The molecule has 1 aliphatic carbocycles. The smallest absolute Gasteiger partial charge is 0.258 e. The number of hydrogen-bond donors (Lipinski definition) is 1. The molecule has 3 nitrogen and oxygen atoms in total. The van der Waals surface area contributed by atoms with Crippen LogP contribution in [-0.4, -0.2) is 12.5 Å². The van der Waals surface area contributed by atoms with Crippen molar-refractivity contribution in [2.24, 2.45) is 5.92 Å². The standard InChI is InChI=1S/C21H25NO2/c1-14-4-7-17(8-5-14)21(18-9-10-18)22-20(23)13-24-19-11-6-15(2)16(3)12-19/h4-8,11-12,18,21H,9-10,13H2,1-3H3,(H,22,23)/t21-/m1/s1. The average Bonchev–Trinajstić information content (AvgIpc) is 3.39. The Bertz CT molecular complexity index is 717. The van der Waals surface area contributed by atoms with Gasteiger partial charge in [-0.25, -0.2) is 0 Å². The van der Waals surface area contributed by atoms with Crippen molar-refractivity contribution in [1.82, 2.24) is 5.32 Å². The molecule has 0 aliphatic heterocycles. The molecule has 0 heterocycles. The molecule has 1 N–H and O–H groups in total. The van der Waals surface area contributed by atoms with Crippen LogP contribution in [0, 0.1) is 26.7 Å². The van der Waals surface area contributed by atoms with Crippen LogP contribution >= 0.6 is 0 Å². The summed E-state index contributed by atoms with van der Waals surface area (Å²) in [5.74, 6) is 1.23. The largest absolute Gasteiger partial charge is 0.484 e. The highest BCUT2D eigenvalue weighted by Gasteiger charge is 2.33. The minimum atomic E-state index is -0.0642. The van der Waals surface area contributed by atoms with Crippen molar-refractivity contribution in [3.05, 3.63) is 64.7 Å². The van der Waals surface area contributed by atoms with Gasteiger partial charge in [-0.2, -0.15) is 0 Å². The van der Waals surface area contributed by atoms with E-state index in [4.69, 9.17) is 4.74 Å². The summed E-state index contributed by atoms with van der Waals surface area (Å²) in [4.78, 5) is 12.3. The van der Waals surface area contributed by atoms with Gasteiger partial charge >= 0.3 is 0 Å². The minimum Gasteiger partial charge on any atom is -0.484 e. The molecule has 2 aromatic carbocycles. The van der Waals surface area contributed by atoms with E-state index in [1.807, 2.05) is 25.1 Å². The van der Waals surface area contributed by atoms with Crippen molar-refractivity contribution in [2.45, 2.75) is 39.7 Å². The van der Waals surface area contributed by atoms with E-state index in [0.717, 1.165) is 5.75 Å². The van der Waals surface area contributed by atoms with Gasteiger partial charge in [0, 0.05) is 0 Å². The number of rotatable bonds is 6. The predicted octanol–water partition coefficient (Wildman–Crippen LogP) is 4.26. The van der Waals surface area contributed by atoms with Gasteiger partial charge < -0.3 is 10.1 Å². The molecule has 0 spiro atoms. The van der Waals surface area contributed by atoms with Gasteiger partial charge in [-0.3, -0.25) is 4.79 Å². The summed E-state index contributed by atoms with van der Waals surface area (Å²) >= 11 is 0. The molecule has 2 aromatic rings. The summed E-state index contributed by atoms with van der Waals surface area (Å²) in [6.07, 6.45) is 2.35. The van der Waals surface area contributed by atoms with Crippen LogP contribution in [0.1, 0.15) is 41.1 Å². The Labute approximate surface area is 144 Å². The average molecular weight is 323 g/mol. The Hall–Kier alpha value is -2.29. The van der Waals surface area contributed by atoms with E-state index < -0.39 is 0 Å². The second-order valence-corrected chi connectivity index (χ2v) is 6.83. The molecule has 1 aliphatic rings. The number of nitrogens with one attached hydrogen (secondary N) is 1. The van der Waals surface area contributed by atoms with E-state index in [-0.39, 0.29) is 18.6 Å². The van der Waals surface area contributed by atoms with Crippen LogP contribution in [0.15, 0.2) is 42.5 Å². The maximum atomic E-state index is 12.3. The third kappa shape index (κ3) is 4.16. The highest BCUT2D eigenvalue weighted by molar-refractivity contribution is 5.78. The summed E-state index contributed by atoms with van der Waals surface area (Å²) in [5.41, 5.74) is 4.81. The van der Waals surface area contributed by atoms with E-state index in [0.29, 0.717) is 5.92 Å². The molecule has 0 unspecified atom stereocenters. The number of benzene rings is 2. The molecule has 0 saturated heterocycles. The lowest BCUT2D eigenvalue weighted by molar-refractivity contribution is -0.124. The topological polar surface area (TPSA) is 38.3 Å². The molecule has 3 rings (SSSR count). The summed E-state index contributed by atoms with van der Waals surface area (Å²) in [6.45, 7) is 6.24. The van der Waals surface area contributed by atoms with E-state index in [1.54, 1.807) is 0 Å². The fourth-order valence-corrected chi connectivity index (χ4v) is 2.84. The number of hydrogen-bond acceptors (Lipinski definition) is 2. The molecular weight excluding hydrogens is 298 g/mol. The van der Waals surface area contributed by atoms with Gasteiger partial charge in [-0.05, 0) is 68.4 Å². The zero-order valence-electron chi connectivity index (χ0n) is 14.6. The molecular formula is C21H25NO2. The van der Waals surface area contributed by atoms with Crippen LogP contribution in [0.5, 0.6) is 5.75 Å². The molecule has 0 aromatic heterocycles. The Balaban J connectivity index is 1.59. The Morgan fingerprint density at radius 3 is 2.42 bits per heavy atom. The molecule has 24 heavy (non-hydrogen) atoms. The molecule has 1 atom stereocenters. The van der Waals surface area contributed by atoms with Crippen LogP contribution in [0.3, 0.4) is 0 Å². The van der Waals surface area contributed by atoms with Crippen molar-refractivity contribution >= 4 is 5.91 Å². The summed E-state index contributed by atoms with van der Waals surface area (Å²) in [7, 11) is 0. The normalized spacial score (nSPS) is 15.0. The third-order valence-corrected chi connectivity index (χ3v) is 4.69. The van der Waals surface area contributed by atoms with Gasteiger partial charge in [0.25, 0.3) is 5.91 Å². The Kier molecular flexibility index (Phi) is 4.89. The number of carbonyl (C=O) groups is 1. The van der Waals surface area contributed by atoms with Crippen LogP contribution < -0.4 is 10.1 Å². The zero-order chi connectivity index (χ0) is 17.1. The van der Waals surface area contributed by atoms with Crippen molar-refractivity contribution in [2.75, 3.05) is 6.61 Å². The maximum absolute atomic E-state index is 12.3. The zero-order valence-corrected chi connectivity index (χ0v) is 14.6. The quantitative estimate of drug-likeness (QED) is 0.862. The highest BCUT2D eigenvalue weighted by Crippen LogP contribution is 2.41. The summed E-state index contributed by atoms with van der Waals surface area (Å²) < 4.78 is 5.65. The summed E-state index contributed by atoms with van der Waals surface area (Å²) in [5, 5.41) is 3.15. The second-order valence-electron chi connectivity index (χ2n) is 6.83. The lowest BCUT2D eigenvalue weighted by Gasteiger charge is -2.19. The minimum absolute atomic E-state index is 0.0532. The monoisotopic (exact) mass is 323 g/mol. The predicted molar refractivity (Wildman–Crippen MR) is 96.2 cm³/mol. The van der Waals surface area contributed by atoms with Gasteiger partial charge in [0.05, 0.1) is 6.04 Å². The van der Waals surface area contributed by atoms with Crippen LogP contribution in [0.2, 0.25) is 0 Å². The highest BCUT2D eigenvalue weighted by atomic mass is 16.5. The van der Waals surface area contributed by atoms with Crippen LogP contribution in [0.4, 0.5) is 0 Å². The van der Waals surface area contributed by atoms with Crippen LogP contribution in [-0.2, 0) is 4.79 Å². The van der Waals surface area contributed by atoms with Crippen LogP contribution in [0.25, 0.3) is 0 Å². The second kappa shape index (κ2) is 7.08. The molecule has 0 bridgehead atoms. The molecule has 126 valence electrons. The molecule has 1 saturated carbocycles. The summed E-state index contributed by atoms with van der Waals surface area (Å²) in [6, 6.07) is 14.4. The number of ether oxygens (including phenoxy) is 1. The molecule has 1 amide bonds.